The van der Waals surface area contributed by atoms with Crippen LogP contribution in [0.5, 0.6) is 0 Å². The molecule has 6 nitrogen and oxygen atoms in total. The maximum absolute atomic E-state index is 4.42. The summed E-state index contributed by atoms with van der Waals surface area (Å²) < 4.78 is 2.14. The molecule has 4 rings (SSSR count). The normalized spacial score (nSPS) is 23.6. The first-order chi connectivity index (χ1) is 9.38. The summed E-state index contributed by atoms with van der Waals surface area (Å²) >= 11 is 0. The lowest BCUT2D eigenvalue weighted by atomic mass is 9.93. The zero-order valence-electron chi connectivity index (χ0n) is 10.8. The Kier molecular flexibility index (Phi) is 2.32. The number of rotatable bonds is 2. The van der Waals surface area contributed by atoms with Gasteiger partial charge in [-0.2, -0.15) is 0 Å². The summed E-state index contributed by atoms with van der Waals surface area (Å²) in [7, 11) is 0. The molecule has 0 spiro atoms. The Morgan fingerprint density at radius 3 is 3.21 bits per heavy atom. The van der Waals surface area contributed by atoms with E-state index in [1.807, 2.05) is 12.3 Å². The lowest BCUT2D eigenvalue weighted by molar-refractivity contribution is 0.483. The van der Waals surface area contributed by atoms with Crippen molar-refractivity contribution < 1.29 is 0 Å². The van der Waals surface area contributed by atoms with Crippen molar-refractivity contribution in [2.75, 3.05) is 13.1 Å². The van der Waals surface area contributed by atoms with E-state index in [0.29, 0.717) is 11.8 Å². The fraction of sp³-hybridized carbons (Fsp3) is 0.462. The van der Waals surface area contributed by atoms with Crippen LogP contribution >= 0.6 is 0 Å². The van der Waals surface area contributed by atoms with E-state index in [9.17, 15) is 0 Å². The minimum Gasteiger partial charge on any atom is -0.345 e. The van der Waals surface area contributed by atoms with Crippen molar-refractivity contribution in [1.82, 2.24) is 29.9 Å². The molecule has 0 radical (unpaired) electrons. The average molecular weight is 256 g/mol. The van der Waals surface area contributed by atoms with Crippen molar-refractivity contribution in [3.05, 3.63) is 24.3 Å². The molecule has 98 valence electrons. The van der Waals surface area contributed by atoms with E-state index in [0.717, 1.165) is 42.1 Å². The summed E-state index contributed by atoms with van der Waals surface area (Å²) in [6, 6.07) is 2.03. The molecule has 2 N–H and O–H groups in total. The highest BCUT2D eigenvalue weighted by molar-refractivity contribution is 5.74. The molecule has 1 saturated heterocycles. The van der Waals surface area contributed by atoms with Crippen molar-refractivity contribution in [3.63, 3.8) is 0 Å². The predicted molar refractivity (Wildman–Crippen MR) is 72.0 cm³/mol. The Morgan fingerprint density at radius 1 is 1.37 bits per heavy atom. The minimum absolute atomic E-state index is 0.431. The number of hydrogen-bond acceptors (Lipinski definition) is 4. The van der Waals surface area contributed by atoms with Crippen molar-refractivity contribution >= 4 is 16.8 Å². The van der Waals surface area contributed by atoms with Gasteiger partial charge in [0, 0.05) is 18.7 Å². The predicted octanol–water partition coefficient (Wildman–Crippen LogP) is 1.32. The van der Waals surface area contributed by atoms with Crippen LogP contribution in [0, 0.1) is 5.92 Å². The van der Waals surface area contributed by atoms with Crippen LogP contribution in [-0.4, -0.2) is 37.7 Å². The van der Waals surface area contributed by atoms with E-state index in [4.69, 9.17) is 0 Å². The molecule has 1 fully saturated rings. The minimum atomic E-state index is 0.431. The molecule has 0 bridgehead atoms. The molecular formula is C13H16N6. The van der Waals surface area contributed by atoms with Crippen LogP contribution in [0.15, 0.2) is 18.5 Å². The number of H-pyrrole nitrogens is 1. The first kappa shape index (κ1) is 10.9. The molecule has 6 heteroatoms. The molecule has 0 amide bonds. The summed E-state index contributed by atoms with van der Waals surface area (Å²) in [6.07, 6.45) is 4.84. The van der Waals surface area contributed by atoms with E-state index in [2.05, 4.69) is 36.8 Å². The molecule has 4 heterocycles. The molecule has 1 aliphatic heterocycles. The summed E-state index contributed by atoms with van der Waals surface area (Å²) in [4.78, 5) is 7.50. The van der Waals surface area contributed by atoms with E-state index in [1.165, 1.54) is 0 Å². The second-order valence-corrected chi connectivity index (χ2v) is 5.15. The van der Waals surface area contributed by atoms with Crippen LogP contribution in [0.25, 0.3) is 16.8 Å². The van der Waals surface area contributed by atoms with Gasteiger partial charge in [-0.15, -0.1) is 10.2 Å². The van der Waals surface area contributed by atoms with Crippen LogP contribution in [-0.2, 0) is 0 Å². The average Bonchev–Trinajstić information content (AvgIpc) is 3.15. The van der Waals surface area contributed by atoms with Crippen molar-refractivity contribution in [2.24, 2.45) is 5.92 Å². The summed E-state index contributed by atoms with van der Waals surface area (Å²) in [6.45, 7) is 4.28. The van der Waals surface area contributed by atoms with Gasteiger partial charge >= 0.3 is 0 Å². The highest BCUT2D eigenvalue weighted by atomic mass is 15.3. The lowest BCUT2D eigenvalue weighted by Crippen LogP contribution is -2.13. The van der Waals surface area contributed by atoms with Crippen LogP contribution in [0.2, 0.25) is 0 Å². The summed E-state index contributed by atoms with van der Waals surface area (Å²) in [5.74, 6) is 2.12. The Hall–Kier alpha value is -1.95. The van der Waals surface area contributed by atoms with Gasteiger partial charge in [0.2, 0.25) is 0 Å². The second kappa shape index (κ2) is 4.03. The molecule has 0 saturated carbocycles. The standard InChI is InChI=1S/C13H16N6/c1-2-8-5-14-6-9(8)13-18-17-11-7-16-12-10(19(11)13)3-4-15-12/h3-4,7-9,14-15H,2,5-6H2,1H3/t8-,9+/m1/s1. The van der Waals surface area contributed by atoms with Gasteiger partial charge in [0.25, 0.3) is 0 Å². The Bertz CT molecular complexity index is 727. The van der Waals surface area contributed by atoms with Gasteiger partial charge in [0.1, 0.15) is 5.82 Å². The Balaban J connectivity index is 1.96. The quantitative estimate of drug-likeness (QED) is 0.725. The number of hydrogen-bond donors (Lipinski definition) is 2. The topological polar surface area (TPSA) is 70.9 Å². The monoisotopic (exact) mass is 256 g/mol. The van der Waals surface area contributed by atoms with Gasteiger partial charge in [-0.1, -0.05) is 13.3 Å². The molecule has 19 heavy (non-hydrogen) atoms. The third-order valence-corrected chi connectivity index (χ3v) is 4.16. The molecule has 0 unspecified atom stereocenters. The SMILES string of the molecule is CC[C@@H]1CNC[C@@H]1c1nnc2cnc3[nH]ccc3n12. The number of nitrogens with one attached hydrogen (secondary N) is 2. The molecule has 2 atom stereocenters. The summed E-state index contributed by atoms with van der Waals surface area (Å²) in [5.41, 5.74) is 2.76. The molecule has 0 aliphatic carbocycles. The van der Waals surface area contributed by atoms with Gasteiger partial charge in [-0.05, 0) is 18.5 Å². The fourth-order valence-corrected chi connectivity index (χ4v) is 3.10. The van der Waals surface area contributed by atoms with E-state index >= 15 is 0 Å². The second-order valence-electron chi connectivity index (χ2n) is 5.15. The summed E-state index contributed by atoms with van der Waals surface area (Å²) in [5, 5.41) is 12.2. The van der Waals surface area contributed by atoms with E-state index in [1.54, 1.807) is 6.20 Å². The zero-order valence-corrected chi connectivity index (χ0v) is 10.8. The largest absolute Gasteiger partial charge is 0.345 e. The third-order valence-electron chi connectivity index (χ3n) is 4.16. The highest BCUT2D eigenvalue weighted by Gasteiger charge is 2.31. The first-order valence-corrected chi connectivity index (χ1v) is 6.76. The smallest absolute Gasteiger partial charge is 0.179 e. The van der Waals surface area contributed by atoms with Crippen LogP contribution in [0.4, 0.5) is 0 Å². The number of aromatic nitrogens is 5. The molecule has 3 aromatic rings. The maximum Gasteiger partial charge on any atom is 0.179 e. The van der Waals surface area contributed by atoms with E-state index in [-0.39, 0.29) is 0 Å². The maximum atomic E-state index is 4.42. The van der Waals surface area contributed by atoms with Gasteiger partial charge in [0.15, 0.2) is 11.3 Å². The Labute approximate surface area is 110 Å². The van der Waals surface area contributed by atoms with Gasteiger partial charge in [0.05, 0.1) is 11.7 Å². The fourth-order valence-electron chi connectivity index (χ4n) is 3.10. The Morgan fingerprint density at radius 2 is 2.32 bits per heavy atom. The molecule has 1 aliphatic rings. The van der Waals surface area contributed by atoms with Crippen molar-refractivity contribution in [3.8, 4) is 0 Å². The molecular weight excluding hydrogens is 240 g/mol. The van der Waals surface area contributed by atoms with Gasteiger partial charge in [-0.25, -0.2) is 4.98 Å². The van der Waals surface area contributed by atoms with Crippen LogP contribution in [0.1, 0.15) is 25.1 Å². The lowest BCUT2D eigenvalue weighted by Gasteiger charge is -2.15. The van der Waals surface area contributed by atoms with Crippen LogP contribution in [0.3, 0.4) is 0 Å². The van der Waals surface area contributed by atoms with E-state index < -0.39 is 0 Å². The van der Waals surface area contributed by atoms with Crippen molar-refractivity contribution in [1.29, 1.82) is 0 Å². The number of fused-ring (bicyclic) bond motifs is 3. The first-order valence-electron chi connectivity index (χ1n) is 6.76. The van der Waals surface area contributed by atoms with Crippen LogP contribution < -0.4 is 5.32 Å². The number of aromatic amines is 1. The molecule has 0 aromatic carbocycles. The van der Waals surface area contributed by atoms with Gasteiger partial charge < -0.3 is 10.3 Å². The zero-order chi connectivity index (χ0) is 12.8. The molecule has 3 aromatic heterocycles. The third kappa shape index (κ3) is 1.49. The highest BCUT2D eigenvalue weighted by Crippen LogP contribution is 2.30. The van der Waals surface area contributed by atoms with Crippen molar-refractivity contribution in [2.45, 2.75) is 19.3 Å². The number of nitrogens with zero attached hydrogens (tertiary/aromatic N) is 4. The van der Waals surface area contributed by atoms with Gasteiger partial charge in [-0.3, -0.25) is 4.40 Å².